The molecule has 0 aromatic rings. The first-order valence-corrected chi connectivity index (χ1v) is 3.10. The highest BCUT2D eigenvalue weighted by molar-refractivity contribution is 6.34. The van der Waals surface area contributed by atoms with Crippen LogP contribution in [-0.2, 0) is 9.59 Å². The van der Waals surface area contributed by atoms with Gasteiger partial charge in [-0.2, -0.15) is 0 Å². The van der Waals surface area contributed by atoms with Gasteiger partial charge in [-0.3, -0.25) is 9.59 Å². The molecule has 0 aliphatic rings. The van der Waals surface area contributed by atoms with Crippen LogP contribution < -0.4 is 5.32 Å². The molecular weight excluding hydrogens is 132 g/mol. The van der Waals surface area contributed by atoms with Crippen LogP contribution in [0.1, 0.15) is 6.92 Å². The first kappa shape index (κ1) is 8.94. The second kappa shape index (κ2) is 3.87. The third-order valence-electron chi connectivity index (χ3n) is 1.24. The van der Waals surface area contributed by atoms with Gasteiger partial charge in [0.15, 0.2) is 0 Å². The van der Waals surface area contributed by atoms with Gasteiger partial charge >= 0.3 is 11.8 Å². The molecule has 0 bridgehead atoms. The minimum atomic E-state index is -0.565. The molecule has 0 spiro atoms. The van der Waals surface area contributed by atoms with Gasteiger partial charge in [-0.15, -0.1) is 0 Å². The van der Waals surface area contributed by atoms with Crippen molar-refractivity contribution in [2.75, 3.05) is 20.6 Å². The summed E-state index contributed by atoms with van der Waals surface area (Å²) >= 11 is 0. The summed E-state index contributed by atoms with van der Waals surface area (Å²) in [6.45, 7) is 2.35. The molecule has 4 nitrogen and oxygen atoms in total. The molecule has 0 saturated carbocycles. The Morgan fingerprint density at radius 1 is 1.50 bits per heavy atom. The van der Waals surface area contributed by atoms with Crippen LogP contribution in [0.3, 0.4) is 0 Å². The summed E-state index contributed by atoms with van der Waals surface area (Å²) in [7, 11) is 3.02. The van der Waals surface area contributed by atoms with E-state index in [4.69, 9.17) is 0 Å². The molecule has 0 aromatic carbocycles. The van der Waals surface area contributed by atoms with Gasteiger partial charge in [0.1, 0.15) is 0 Å². The highest BCUT2D eigenvalue weighted by atomic mass is 16.2. The smallest absolute Gasteiger partial charge is 0.311 e. The Balaban J connectivity index is 3.95. The summed E-state index contributed by atoms with van der Waals surface area (Å²) in [5.41, 5.74) is 0. The van der Waals surface area contributed by atoms with E-state index in [1.54, 1.807) is 14.0 Å². The molecular formula is C6H12N2O2. The topological polar surface area (TPSA) is 49.4 Å². The Morgan fingerprint density at radius 3 is 2.30 bits per heavy atom. The maximum atomic E-state index is 10.8. The quantitative estimate of drug-likeness (QED) is 0.490. The Labute approximate surface area is 60.2 Å². The van der Waals surface area contributed by atoms with E-state index in [1.165, 1.54) is 11.9 Å². The zero-order valence-corrected chi connectivity index (χ0v) is 6.47. The summed E-state index contributed by atoms with van der Waals surface area (Å²) in [6, 6.07) is 0. The molecule has 2 amide bonds. The van der Waals surface area contributed by atoms with Crippen molar-refractivity contribution in [3.63, 3.8) is 0 Å². The lowest BCUT2D eigenvalue weighted by molar-refractivity contribution is -0.144. The molecule has 0 fully saturated rings. The van der Waals surface area contributed by atoms with E-state index in [1.807, 2.05) is 0 Å². The van der Waals surface area contributed by atoms with Crippen LogP contribution in [0, 0.1) is 0 Å². The van der Waals surface area contributed by atoms with Crippen molar-refractivity contribution in [2.45, 2.75) is 6.92 Å². The lowest BCUT2D eigenvalue weighted by Crippen LogP contribution is -2.39. The minimum Gasteiger partial charge on any atom is -0.351 e. The van der Waals surface area contributed by atoms with E-state index in [-0.39, 0.29) is 0 Å². The van der Waals surface area contributed by atoms with E-state index < -0.39 is 11.8 Å². The third kappa shape index (κ3) is 2.05. The van der Waals surface area contributed by atoms with Gasteiger partial charge < -0.3 is 10.2 Å². The zero-order chi connectivity index (χ0) is 8.15. The van der Waals surface area contributed by atoms with Crippen molar-refractivity contribution < 1.29 is 9.59 Å². The Morgan fingerprint density at radius 2 is 2.00 bits per heavy atom. The number of nitrogens with one attached hydrogen (secondary N) is 1. The summed E-state index contributed by atoms with van der Waals surface area (Å²) in [5, 5.41) is 2.25. The van der Waals surface area contributed by atoms with Crippen molar-refractivity contribution in [1.29, 1.82) is 0 Å². The second-order valence-corrected chi connectivity index (χ2v) is 1.90. The standard InChI is InChI=1S/C6H12N2O2/c1-4-8(3)6(10)5(9)7-2/h4H2,1-3H3,(H,7,9). The molecule has 0 unspecified atom stereocenters. The number of nitrogens with zero attached hydrogens (tertiary/aromatic N) is 1. The molecule has 0 saturated heterocycles. The van der Waals surface area contributed by atoms with Crippen LogP contribution in [0.25, 0.3) is 0 Å². The lowest BCUT2D eigenvalue weighted by atomic mass is 10.5. The summed E-state index contributed by atoms with van der Waals surface area (Å²) in [5.74, 6) is -1.06. The van der Waals surface area contributed by atoms with Gasteiger partial charge in [-0.1, -0.05) is 0 Å². The van der Waals surface area contributed by atoms with Gasteiger partial charge in [0.25, 0.3) is 0 Å². The van der Waals surface area contributed by atoms with Crippen molar-refractivity contribution in [1.82, 2.24) is 10.2 Å². The first-order valence-electron chi connectivity index (χ1n) is 3.10. The van der Waals surface area contributed by atoms with E-state index >= 15 is 0 Å². The number of likely N-dealkylation sites (N-methyl/N-ethyl adjacent to an activating group) is 2. The van der Waals surface area contributed by atoms with Gasteiger partial charge in [0.2, 0.25) is 0 Å². The molecule has 1 N–H and O–H groups in total. The molecule has 0 aliphatic carbocycles. The minimum absolute atomic E-state index is 0.495. The van der Waals surface area contributed by atoms with Gasteiger partial charge in [-0.05, 0) is 6.92 Å². The van der Waals surface area contributed by atoms with Crippen molar-refractivity contribution >= 4 is 11.8 Å². The average molecular weight is 144 g/mol. The van der Waals surface area contributed by atoms with Gasteiger partial charge in [0, 0.05) is 20.6 Å². The maximum Gasteiger partial charge on any atom is 0.311 e. The monoisotopic (exact) mass is 144 g/mol. The lowest BCUT2D eigenvalue weighted by Gasteiger charge is -2.11. The summed E-state index contributed by atoms with van der Waals surface area (Å²) in [4.78, 5) is 22.8. The molecule has 0 heterocycles. The predicted molar refractivity (Wildman–Crippen MR) is 37.4 cm³/mol. The zero-order valence-electron chi connectivity index (χ0n) is 6.47. The van der Waals surface area contributed by atoms with Crippen molar-refractivity contribution in [2.24, 2.45) is 0 Å². The van der Waals surface area contributed by atoms with Crippen molar-refractivity contribution in [3.05, 3.63) is 0 Å². The fourth-order valence-corrected chi connectivity index (χ4v) is 0.424. The first-order chi connectivity index (χ1) is 4.63. The molecule has 58 valence electrons. The fourth-order valence-electron chi connectivity index (χ4n) is 0.424. The predicted octanol–water partition coefficient (Wildman–Crippen LogP) is -0.789. The van der Waals surface area contributed by atoms with Crippen LogP contribution in [0.15, 0.2) is 0 Å². The molecule has 0 aliphatic heterocycles. The molecule has 0 rings (SSSR count). The largest absolute Gasteiger partial charge is 0.351 e. The molecule has 0 aromatic heterocycles. The third-order valence-corrected chi connectivity index (χ3v) is 1.24. The van der Waals surface area contributed by atoms with Crippen LogP contribution in [0.4, 0.5) is 0 Å². The van der Waals surface area contributed by atoms with Crippen molar-refractivity contribution in [3.8, 4) is 0 Å². The number of rotatable bonds is 1. The van der Waals surface area contributed by atoms with E-state index in [9.17, 15) is 9.59 Å². The summed E-state index contributed by atoms with van der Waals surface area (Å²) < 4.78 is 0. The fraction of sp³-hybridized carbons (Fsp3) is 0.667. The molecule has 0 radical (unpaired) electrons. The SMILES string of the molecule is CCN(C)C(=O)C(=O)NC. The Kier molecular flexibility index (Phi) is 3.46. The Hall–Kier alpha value is -1.06. The van der Waals surface area contributed by atoms with Crippen LogP contribution >= 0.6 is 0 Å². The maximum absolute atomic E-state index is 10.8. The van der Waals surface area contributed by atoms with Gasteiger partial charge in [-0.25, -0.2) is 0 Å². The number of carbonyl (C=O) groups is 2. The average Bonchev–Trinajstić information content (AvgIpc) is 2.00. The number of carbonyl (C=O) groups excluding carboxylic acids is 2. The number of hydrogen-bond donors (Lipinski definition) is 1. The van der Waals surface area contributed by atoms with Crippen LogP contribution in [-0.4, -0.2) is 37.4 Å². The van der Waals surface area contributed by atoms with Crippen LogP contribution in [0.5, 0.6) is 0 Å². The molecule has 10 heavy (non-hydrogen) atoms. The Bertz CT molecular complexity index is 145. The highest BCUT2D eigenvalue weighted by Gasteiger charge is 2.14. The molecule has 0 atom stereocenters. The normalized spacial score (nSPS) is 8.70. The number of amides is 2. The van der Waals surface area contributed by atoms with E-state index in [2.05, 4.69) is 5.32 Å². The number of hydrogen-bond acceptors (Lipinski definition) is 2. The second-order valence-electron chi connectivity index (χ2n) is 1.90. The highest BCUT2D eigenvalue weighted by Crippen LogP contribution is 1.81. The van der Waals surface area contributed by atoms with E-state index in [0.29, 0.717) is 6.54 Å². The van der Waals surface area contributed by atoms with Crippen LogP contribution in [0.2, 0.25) is 0 Å². The van der Waals surface area contributed by atoms with Gasteiger partial charge in [0.05, 0.1) is 0 Å². The summed E-state index contributed by atoms with van der Waals surface area (Å²) in [6.07, 6.45) is 0. The molecule has 4 heteroatoms. The van der Waals surface area contributed by atoms with E-state index in [0.717, 1.165) is 0 Å².